The highest BCUT2D eigenvalue weighted by molar-refractivity contribution is 6.09. The molecular weight excluding hydrogens is 384 g/mol. The number of para-hydroxylation sites is 1. The molecule has 0 saturated carbocycles. The summed E-state index contributed by atoms with van der Waals surface area (Å²) in [5, 5.41) is 4.03. The highest BCUT2D eigenvalue weighted by Gasteiger charge is 2.16. The summed E-state index contributed by atoms with van der Waals surface area (Å²) in [6.07, 6.45) is 0.964. The number of aryl methyl sites for hydroxylation is 2. The highest BCUT2D eigenvalue weighted by atomic mass is 16.1. The fourth-order valence-electron chi connectivity index (χ4n) is 4.20. The third-order valence-electron chi connectivity index (χ3n) is 6.11. The maximum absolute atomic E-state index is 13.0. The zero-order valence-electron chi connectivity index (χ0n) is 18.8. The van der Waals surface area contributed by atoms with Gasteiger partial charge in [0.25, 0.3) is 5.91 Å². The number of carbonyl (C=O) groups is 1. The highest BCUT2D eigenvalue weighted by Crippen LogP contribution is 2.29. The fourth-order valence-corrected chi connectivity index (χ4v) is 4.20. The van der Waals surface area contributed by atoms with E-state index in [0.717, 1.165) is 66.9 Å². The van der Waals surface area contributed by atoms with Gasteiger partial charge in [-0.2, -0.15) is 0 Å². The summed E-state index contributed by atoms with van der Waals surface area (Å²) in [4.78, 5) is 22.7. The number of pyridine rings is 1. The Bertz CT molecular complexity index is 1050. The lowest BCUT2D eigenvalue weighted by molar-refractivity contribution is 0.0951. The van der Waals surface area contributed by atoms with Crippen LogP contribution in [0.15, 0.2) is 48.5 Å². The van der Waals surface area contributed by atoms with Crippen molar-refractivity contribution in [3.8, 4) is 11.1 Å². The van der Waals surface area contributed by atoms with Gasteiger partial charge in [-0.25, -0.2) is 0 Å². The number of nitrogens with one attached hydrogen (secondary N) is 1. The minimum atomic E-state index is -0.0186. The van der Waals surface area contributed by atoms with E-state index in [-0.39, 0.29) is 5.91 Å². The van der Waals surface area contributed by atoms with Crippen molar-refractivity contribution in [1.29, 1.82) is 0 Å². The standard InChI is InChI=1S/C26H32N4O/c1-19-8-10-21(11-9-19)22-6-4-7-23-24(18-20(2)28-25(22)23)26(31)27-12-5-13-30-16-14-29(3)15-17-30/h4,6-11,18H,5,12-17H2,1-3H3,(H,27,31). The molecule has 0 aliphatic carbocycles. The van der Waals surface area contributed by atoms with Crippen molar-refractivity contribution in [3.63, 3.8) is 0 Å². The van der Waals surface area contributed by atoms with Crippen molar-refractivity contribution < 1.29 is 4.79 Å². The molecule has 0 atom stereocenters. The topological polar surface area (TPSA) is 48.5 Å². The number of nitrogens with zero attached hydrogens (tertiary/aromatic N) is 3. The van der Waals surface area contributed by atoms with Crippen LogP contribution in [0.2, 0.25) is 0 Å². The SMILES string of the molecule is Cc1ccc(-c2cccc3c(C(=O)NCCCN4CCN(C)CC4)cc(C)nc23)cc1. The molecule has 31 heavy (non-hydrogen) atoms. The molecule has 0 spiro atoms. The van der Waals surface area contributed by atoms with E-state index in [1.54, 1.807) is 0 Å². The molecule has 1 amide bonds. The molecule has 2 heterocycles. The summed E-state index contributed by atoms with van der Waals surface area (Å²) in [5.41, 5.74) is 5.85. The van der Waals surface area contributed by atoms with Crippen molar-refractivity contribution in [3.05, 3.63) is 65.4 Å². The summed E-state index contributed by atoms with van der Waals surface area (Å²) in [6.45, 7) is 10.2. The molecule has 1 N–H and O–H groups in total. The molecule has 1 fully saturated rings. The lowest BCUT2D eigenvalue weighted by Crippen LogP contribution is -2.45. The van der Waals surface area contributed by atoms with Crippen LogP contribution in [0.5, 0.6) is 0 Å². The summed E-state index contributed by atoms with van der Waals surface area (Å²) in [6, 6.07) is 16.4. The second kappa shape index (κ2) is 9.58. The number of rotatable bonds is 6. The van der Waals surface area contributed by atoms with Gasteiger partial charge in [0.15, 0.2) is 0 Å². The molecule has 2 aromatic carbocycles. The predicted molar refractivity (Wildman–Crippen MR) is 128 cm³/mol. The van der Waals surface area contributed by atoms with Crippen LogP contribution in [0.1, 0.15) is 28.0 Å². The van der Waals surface area contributed by atoms with E-state index in [2.05, 4.69) is 59.4 Å². The average Bonchev–Trinajstić information content (AvgIpc) is 2.77. The largest absolute Gasteiger partial charge is 0.352 e. The van der Waals surface area contributed by atoms with Crippen LogP contribution in [0.4, 0.5) is 0 Å². The van der Waals surface area contributed by atoms with Crippen molar-refractivity contribution in [2.24, 2.45) is 0 Å². The van der Waals surface area contributed by atoms with Gasteiger partial charge in [0.05, 0.1) is 11.1 Å². The van der Waals surface area contributed by atoms with Gasteiger partial charge in [-0.05, 0) is 45.5 Å². The van der Waals surface area contributed by atoms with Gasteiger partial charge in [0.2, 0.25) is 0 Å². The monoisotopic (exact) mass is 416 g/mol. The molecule has 162 valence electrons. The molecule has 5 heteroatoms. The van der Waals surface area contributed by atoms with Crippen LogP contribution in [0.3, 0.4) is 0 Å². The first kappa shape index (κ1) is 21.5. The molecule has 0 bridgehead atoms. The van der Waals surface area contributed by atoms with Gasteiger partial charge in [0, 0.05) is 49.4 Å². The lowest BCUT2D eigenvalue weighted by Gasteiger charge is -2.32. The zero-order chi connectivity index (χ0) is 21.8. The number of likely N-dealkylation sites (N-methyl/N-ethyl adjacent to an activating group) is 1. The van der Waals surface area contributed by atoms with Crippen LogP contribution in [-0.2, 0) is 0 Å². The summed E-state index contributed by atoms with van der Waals surface area (Å²) in [5.74, 6) is -0.0186. The molecule has 0 radical (unpaired) electrons. The molecule has 1 aliphatic rings. The lowest BCUT2D eigenvalue weighted by atomic mass is 9.98. The van der Waals surface area contributed by atoms with E-state index in [1.165, 1.54) is 5.56 Å². The summed E-state index contributed by atoms with van der Waals surface area (Å²) >= 11 is 0. The van der Waals surface area contributed by atoms with Crippen LogP contribution in [0, 0.1) is 13.8 Å². The van der Waals surface area contributed by atoms with Crippen molar-refractivity contribution in [2.45, 2.75) is 20.3 Å². The second-order valence-corrected chi connectivity index (χ2v) is 8.63. The van der Waals surface area contributed by atoms with Gasteiger partial charge < -0.3 is 15.1 Å². The van der Waals surface area contributed by atoms with Crippen molar-refractivity contribution >= 4 is 16.8 Å². The van der Waals surface area contributed by atoms with Crippen molar-refractivity contribution in [2.75, 3.05) is 46.3 Å². The first-order valence-electron chi connectivity index (χ1n) is 11.2. The average molecular weight is 417 g/mol. The Morgan fingerprint density at radius 2 is 1.77 bits per heavy atom. The Balaban J connectivity index is 1.49. The maximum Gasteiger partial charge on any atom is 0.252 e. The third-order valence-corrected chi connectivity index (χ3v) is 6.11. The minimum Gasteiger partial charge on any atom is -0.352 e. The molecule has 1 saturated heterocycles. The van der Waals surface area contributed by atoms with Gasteiger partial charge >= 0.3 is 0 Å². The molecule has 3 aromatic rings. The molecule has 5 nitrogen and oxygen atoms in total. The van der Waals surface area contributed by atoms with E-state index in [4.69, 9.17) is 4.98 Å². The van der Waals surface area contributed by atoms with Gasteiger partial charge in [-0.1, -0.05) is 48.0 Å². The minimum absolute atomic E-state index is 0.0186. The Morgan fingerprint density at radius 1 is 1.03 bits per heavy atom. The number of carbonyl (C=O) groups excluding carboxylic acids is 1. The third kappa shape index (κ3) is 5.12. The molecule has 1 aliphatic heterocycles. The smallest absolute Gasteiger partial charge is 0.252 e. The fraction of sp³-hybridized carbons (Fsp3) is 0.385. The van der Waals surface area contributed by atoms with E-state index in [9.17, 15) is 4.79 Å². The first-order chi connectivity index (χ1) is 15.0. The van der Waals surface area contributed by atoms with Crippen molar-refractivity contribution in [1.82, 2.24) is 20.1 Å². The quantitative estimate of drug-likeness (QED) is 0.620. The van der Waals surface area contributed by atoms with E-state index < -0.39 is 0 Å². The Hall–Kier alpha value is -2.76. The van der Waals surface area contributed by atoms with Gasteiger partial charge in [0.1, 0.15) is 0 Å². The van der Waals surface area contributed by atoms with E-state index >= 15 is 0 Å². The number of hydrogen-bond acceptors (Lipinski definition) is 4. The Morgan fingerprint density at radius 3 is 2.52 bits per heavy atom. The zero-order valence-corrected chi connectivity index (χ0v) is 18.8. The predicted octanol–water partition coefficient (Wildman–Crippen LogP) is 3.89. The van der Waals surface area contributed by atoms with Crippen LogP contribution in [0.25, 0.3) is 22.0 Å². The van der Waals surface area contributed by atoms with E-state index in [1.807, 2.05) is 25.1 Å². The molecule has 1 aromatic heterocycles. The van der Waals surface area contributed by atoms with Crippen LogP contribution in [-0.4, -0.2) is 67.0 Å². The number of aromatic nitrogens is 1. The maximum atomic E-state index is 13.0. The molecule has 4 rings (SSSR count). The Labute approximate surface area is 185 Å². The number of fused-ring (bicyclic) bond motifs is 1. The number of hydrogen-bond donors (Lipinski definition) is 1. The Kier molecular flexibility index (Phi) is 6.64. The van der Waals surface area contributed by atoms with Gasteiger partial charge in [-0.15, -0.1) is 0 Å². The van der Waals surface area contributed by atoms with Crippen LogP contribution >= 0.6 is 0 Å². The van der Waals surface area contributed by atoms with Gasteiger partial charge in [-0.3, -0.25) is 9.78 Å². The first-order valence-corrected chi connectivity index (χ1v) is 11.2. The number of piperazine rings is 1. The van der Waals surface area contributed by atoms with Crippen LogP contribution < -0.4 is 5.32 Å². The summed E-state index contributed by atoms with van der Waals surface area (Å²) < 4.78 is 0. The summed E-state index contributed by atoms with van der Waals surface area (Å²) in [7, 11) is 2.17. The normalized spacial score (nSPS) is 15.3. The second-order valence-electron chi connectivity index (χ2n) is 8.63. The molecule has 0 unspecified atom stereocenters. The van der Waals surface area contributed by atoms with E-state index in [0.29, 0.717) is 12.1 Å². The number of amides is 1. The number of benzene rings is 2. The molecular formula is C26H32N4O.